The Hall–Kier alpha value is -3.02. The summed E-state index contributed by atoms with van der Waals surface area (Å²) in [5.41, 5.74) is 2.19. The summed E-state index contributed by atoms with van der Waals surface area (Å²) in [6.45, 7) is 5.48. The first-order chi connectivity index (χ1) is 12.9. The van der Waals surface area contributed by atoms with Crippen LogP contribution in [0.3, 0.4) is 0 Å². The second-order valence-electron chi connectivity index (χ2n) is 5.92. The zero-order chi connectivity index (χ0) is 19.8. The van der Waals surface area contributed by atoms with Gasteiger partial charge in [-0.15, -0.1) is 0 Å². The number of benzene rings is 2. The fourth-order valence-electron chi connectivity index (χ4n) is 2.44. The molecule has 0 aliphatic heterocycles. The van der Waals surface area contributed by atoms with E-state index < -0.39 is 5.97 Å². The molecule has 27 heavy (non-hydrogen) atoms. The predicted molar refractivity (Wildman–Crippen MR) is 101 cm³/mol. The lowest BCUT2D eigenvalue weighted by atomic mass is 10.1. The van der Waals surface area contributed by atoms with Gasteiger partial charge in [-0.2, -0.15) is 0 Å². The lowest BCUT2D eigenvalue weighted by molar-refractivity contribution is -0.147. The maximum absolute atomic E-state index is 12.0. The van der Waals surface area contributed by atoms with Gasteiger partial charge >= 0.3 is 5.97 Å². The molecule has 0 radical (unpaired) electrons. The smallest absolute Gasteiger partial charge is 0.344 e. The van der Waals surface area contributed by atoms with Gasteiger partial charge in [0.25, 0.3) is 0 Å². The Labute approximate surface area is 159 Å². The number of methoxy groups -OCH3 is 1. The van der Waals surface area contributed by atoms with Crippen molar-refractivity contribution in [3.8, 4) is 17.2 Å². The van der Waals surface area contributed by atoms with E-state index in [-0.39, 0.29) is 19.0 Å². The van der Waals surface area contributed by atoms with Crippen LogP contribution in [0.2, 0.25) is 0 Å². The molecule has 0 saturated heterocycles. The monoisotopic (exact) mass is 372 g/mol. The van der Waals surface area contributed by atoms with Crippen LogP contribution in [0.1, 0.15) is 35.3 Å². The lowest BCUT2D eigenvalue weighted by Crippen LogP contribution is -2.15. The zero-order valence-electron chi connectivity index (χ0n) is 16.0. The van der Waals surface area contributed by atoms with Gasteiger partial charge in [0.05, 0.1) is 13.7 Å². The number of hydrogen-bond donors (Lipinski definition) is 0. The molecule has 0 aromatic heterocycles. The van der Waals surface area contributed by atoms with Crippen LogP contribution >= 0.6 is 0 Å². The summed E-state index contributed by atoms with van der Waals surface area (Å²) in [5, 5.41) is 0. The van der Waals surface area contributed by atoms with Crippen LogP contribution in [0.5, 0.6) is 17.2 Å². The molecule has 0 heterocycles. The van der Waals surface area contributed by atoms with Crippen molar-refractivity contribution in [3.63, 3.8) is 0 Å². The Morgan fingerprint density at radius 1 is 0.963 bits per heavy atom. The minimum atomic E-state index is -0.534. The first-order valence-electron chi connectivity index (χ1n) is 8.64. The van der Waals surface area contributed by atoms with E-state index in [1.54, 1.807) is 24.3 Å². The van der Waals surface area contributed by atoms with Crippen LogP contribution in [0, 0.1) is 6.92 Å². The Bertz CT molecular complexity index is 812. The third-order valence-corrected chi connectivity index (χ3v) is 3.82. The van der Waals surface area contributed by atoms with Crippen molar-refractivity contribution in [2.45, 2.75) is 27.4 Å². The molecule has 0 aliphatic carbocycles. The molecule has 2 aromatic rings. The minimum absolute atomic E-state index is 0.0102. The number of aryl methyl sites for hydroxylation is 1. The first kappa shape index (κ1) is 20.3. The van der Waals surface area contributed by atoms with Gasteiger partial charge in [0, 0.05) is 11.1 Å². The molecule has 0 aliphatic rings. The molecule has 0 N–H and O–H groups in total. The predicted octanol–water partition coefficient (Wildman–Crippen LogP) is 3.73. The summed E-state index contributed by atoms with van der Waals surface area (Å²) in [5.74, 6) is 0.995. The largest absolute Gasteiger partial charge is 0.493 e. The molecule has 0 bridgehead atoms. The highest BCUT2D eigenvalue weighted by atomic mass is 16.6. The Kier molecular flexibility index (Phi) is 7.23. The standard InChI is InChI=1S/C21H24O6/c1-5-25-18-9-7-16(15(3)22)11-17(18)12-27-21(23)13-26-19-8-6-14(2)10-20(19)24-4/h6-11H,5,12-13H2,1-4H3. The summed E-state index contributed by atoms with van der Waals surface area (Å²) in [7, 11) is 1.54. The molecule has 0 unspecified atom stereocenters. The van der Waals surface area contributed by atoms with Gasteiger partial charge in [-0.3, -0.25) is 4.79 Å². The Balaban J connectivity index is 1.99. The van der Waals surface area contributed by atoms with Crippen molar-refractivity contribution in [1.29, 1.82) is 0 Å². The minimum Gasteiger partial charge on any atom is -0.493 e. The second kappa shape index (κ2) is 9.62. The number of carbonyl (C=O) groups is 2. The molecule has 0 saturated carbocycles. The third-order valence-electron chi connectivity index (χ3n) is 3.82. The van der Waals surface area contributed by atoms with Crippen molar-refractivity contribution in [3.05, 3.63) is 53.1 Å². The van der Waals surface area contributed by atoms with E-state index in [9.17, 15) is 9.59 Å². The molecule has 0 atom stereocenters. The molecular formula is C21H24O6. The van der Waals surface area contributed by atoms with Gasteiger partial charge in [0.1, 0.15) is 12.4 Å². The van der Waals surface area contributed by atoms with Crippen LogP contribution in [-0.4, -0.2) is 32.1 Å². The summed E-state index contributed by atoms with van der Waals surface area (Å²) in [6.07, 6.45) is 0. The number of rotatable bonds is 9. The Morgan fingerprint density at radius 3 is 2.37 bits per heavy atom. The fraction of sp³-hybridized carbons (Fsp3) is 0.333. The maximum Gasteiger partial charge on any atom is 0.344 e. The van der Waals surface area contributed by atoms with E-state index in [2.05, 4.69) is 0 Å². The van der Waals surface area contributed by atoms with E-state index in [0.29, 0.717) is 35.0 Å². The van der Waals surface area contributed by atoms with Crippen molar-refractivity contribution in [1.82, 2.24) is 0 Å². The van der Waals surface area contributed by atoms with E-state index in [4.69, 9.17) is 18.9 Å². The van der Waals surface area contributed by atoms with Crippen LogP contribution in [0.25, 0.3) is 0 Å². The summed E-state index contributed by atoms with van der Waals surface area (Å²) in [6, 6.07) is 10.5. The van der Waals surface area contributed by atoms with E-state index in [0.717, 1.165) is 5.56 Å². The van der Waals surface area contributed by atoms with Gasteiger partial charge < -0.3 is 18.9 Å². The highest BCUT2D eigenvalue weighted by Gasteiger charge is 2.12. The summed E-state index contributed by atoms with van der Waals surface area (Å²) >= 11 is 0. The summed E-state index contributed by atoms with van der Waals surface area (Å²) < 4.78 is 21.5. The van der Waals surface area contributed by atoms with Crippen molar-refractivity contribution >= 4 is 11.8 Å². The van der Waals surface area contributed by atoms with Crippen molar-refractivity contribution < 1.29 is 28.5 Å². The third kappa shape index (κ3) is 5.74. The Morgan fingerprint density at radius 2 is 1.70 bits per heavy atom. The number of Topliss-reactive ketones (excluding diaryl/α,β-unsaturated/α-hetero) is 1. The fourth-order valence-corrected chi connectivity index (χ4v) is 2.44. The molecule has 0 spiro atoms. The topological polar surface area (TPSA) is 71.1 Å². The quantitative estimate of drug-likeness (QED) is 0.493. The lowest BCUT2D eigenvalue weighted by Gasteiger charge is -2.13. The SMILES string of the molecule is CCOc1ccc(C(C)=O)cc1COC(=O)COc1ccc(C)cc1OC. The van der Waals surface area contributed by atoms with Gasteiger partial charge in [0.2, 0.25) is 0 Å². The molecule has 6 nitrogen and oxygen atoms in total. The highest BCUT2D eigenvalue weighted by molar-refractivity contribution is 5.94. The van der Waals surface area contributed by atoms with E-state index in [1.165, 1.54) is 14.0 Å². The van der Waals surface area contributed by atoms with Gasteiger partial charge in [0.15, 0.2) is 23.9 Å². The highest BCUT2D eigenvalue weighted by Crippen LogP contribution is 2.28. The van der Waals surface area contributed by atoms with Crippen LogP contribution in [-0.2, 0) is 16.1 Å². The number of ketones is 1. The molecule has 0 fully saturated rings. The molecule has 2 aromatic carbocycles. The number of hydrogen-bond acceptors (Lipinski definition) is 6. The van der Waals surface area contributed by atoms with Gasteiger partial charge in [-0.1, -0.05) is 6.07 Å². The van der Waals surface area contributed by atoms with E-state index in [1.807, 2.05) is 26.0 Å². The molecular weight excluding hydrogens is 348 g/mol. The van der Waals surface area contributed by atoms with Crippen molar-refractivity contribution in [2.24, 2.45) is 0 Å². The van der Waals surface area contributed by atoms with Gasteiger partial charge in [-0.05, 0) is 56.7 Å². The number of esters is 1. The summed E-state index contributed by atoms with van der Waals surface area (Å²) in [4.78, 5) is 23.6. The average Bonchev–Trinajstić information content (AvgIpc) is 2.66. The molecule has 2 rings (SSSR count). The van der Waals surface area contributed by atoms with Gasteiger partial charge in [-0.25, -0.2) is 4.79 Å². The van der Waals surface area contributed by atoms with Crippen LogP contribution < -0.4 is 14.2 Å². The normalized spacial score (nSPS) is 10.2. The average molecular weight is 372 g/mol. The molecule has 144 valence electrons. The number of ether oxygens (including phenoxy) is 4. The van der Waals surface area contributed by atoms with E-state index >= 15 is 0 Å². The zero-order valence-corrected chi connectivity index (χ0v) is 16.0. The first-order valence-corrected chi connectivity index (χ1v) is 8.64. The van der Waals surface area contributed by atoms with Crippen LogP contribution in [0.4, 0.5) is 0 Å². The molecule has 6 heteroatoms. The van der Waals surface area contributed by atoms with Crippen molar-refractivity contribution in [2.75, 3.05) is 20.3 Å². The molecule has 0 amide bonds. The second-order valence-corrected chi connectivity index (χ2v) is 5.92. The number of carbonyl (C=O) groups excluding carboxylic acids is 2. The maximum atomic E-state index is 12.0. The van der Waals surface area contributed by atoms with Crippen LogP contribution in [0.15, 0.2) is 36.4 Å².